The van der Waals surface area contributed by atoms with E-state index in [-0.39, 0.29) is 5.82 Å². The predicted octanol–water partition coefficient (Wildman–Crippen LogP) is 4.13. The summed E-state index contributed by atoms with van der Waals surface area (Å²) in [7, 11) is 0. The van der Waals surface area contributed by atoms with Gasteiger partial charge in [-0.3, -0.25) is 0 Å². The van der Waals surface area contributed by atoms with Crippen molar-refractivity contribution in [1.29, 1.82) is 0 Å². The summed E-state index contributed by atoms with van der Waals surface area (Å²) in [5.41, 5.74) is 0. The molecule has 0 atom stereocenters. The zero-order chi connectivity index (χ0) is 13.7. The van der Waals surface area contributed by atoms with Gasteiger partial charge in [0, 0.05) is 22.8 Å². The van der Waals surface area contributed by atoms with Crippen LogP contribution in [-0.2, 0) is 6.54 Å². The Labute approximate surface area is 124 Å². The van der Waals surface area contributed by atoms with Gasteiger partial charge in [-0.2, -0.15) is 0 Å². The molecule has 1 aromatic carbocycles. The average molecular weight is 344 g/mol. The van der Waals surface area contributed by atoms with Gasteiger partial charge in [0.25, 0.3) is 0 Å². The summed E-state index contributed by atoms with van der Waals surface area (Å²) in [5.74, 6) is 0.389. The molecule has 0 saturated carbocycles. The molecule has 1 N–H and O–H groups in total. The lowest BCUT2D eigenvalue weighted by molar-refractivity contribution is 0.313. The fourth-order valence-electron chi connectivity index (χ4n) is 1.60. The van der Waals surface area contributed by atoms with E-state index in [9.17, 15) is 4.39 Å². The Morgan fingerprint density at radius 2 is 2.16 bits per heavy atom. The van der Waals surface area contributed by atoms with Crippen molar-refractivity contribution in [3.8, 4) is 5.75 Å². The predicted molar refractivity (Wildman–Crippen MR) is 80.4 cm³/mol. The third-order valence-corrected chi connectivity index (χ3v) is 4.14. The van der Waals surface area contributed by atoms with Gasteiger partial charge in [0.15, 0.2) is 0 Å². The van der Waals surface area contributed by atoms with Crippen LogP contribution in [0.4, 0.5) is 4.39 Å². The van der Waals surface area contributed by atoms with Crippen molar-refractivity contribution in [2.45, 2.75) is 13.5 Å². The van der Waals surface area contributed by atoms with Crippen molar-refractivity contribution in [1.82, 2.24) is 5.32 Å². The lowest BCUT2D eigenvalue weighted by Gasteiger charge is -2.07. The lowest BCUT2D eigenvalue weighted by Crippen LogP contribution is -2.20. The lowest BCUT2D eigenvalue weighted by atomic mass is 10.3. The van der Waals surface area contributed by atoms with Gasteiger partial charge in [-0.05, 0) is 53.2 Å². The van der Waals surface area contributed by atoms with Crippen LogP contribution >= 0.6 is 27.3 Å². The van der Waals surface area contributed by atoms with Gasteiger partial charge in [0.05, 0.1) is 4.47 Å². The Morgan fingerprint density at radius 1 is 1.32 bits per heavy atom. The molecule has 0 spiro atoms. The maximum absolute atomic E-state index is 13.0. The van der Waals surface area contributed by atoms with E-state index in [4.69, 9.17) is 4.74 Å². The van der Waals surface area contributed by atoms with E-state index in [0.29, 0.717) is 16.8 Å². The fraction of sp³-hybridized carbons (Fsp3) is 0.286. The minimum Gasteiger partial charge on any atom is -0.492 e. The Balaban J connectivity index is 1.67. The van der Waals surface area contributed by atoms with Gasteiger partial charge in [-0.25, -0.2) is 4.39 Å². The van der Waals surface area contributed by atoms with E-state index in [2.05, 4.69) is 40.3 Å². The van der Waals surface area contributed by atoms with E-state index in [1.165, 1.54) is 15.8 Å². The van der Waals surface area contributed by atoms with E-state index in [1.54, 1.807) is 23.5 Å². The Bertz CT molecular complexity index is 544. The van der Waals surface area contributed by atoms with E-state index >= 15 is 0 Å². The standard InChI is InChI=1S/C14H15BrFNOS/c1-10-2-4-12(19-10)9-17-6-7-18-11-3-5-14(16)13(15)8-11/h2-5,8,17H,6-7,9H2,1H3. The maximum atomic E-state index is 13.0. The Morgan fingerprint density at radius 3 is 2.84 bits per heavy atom. The van der Waals surface area contributed by atoms with Crippen molar-refractivity contribution in [3.05, 3.63) is 50.4 Å². The van der Waals surface area contributed by atoms with E-state index < -0.39 is 0 Å². The highest BCUT2D eigenvalue weighted by Crippen LogP contribution is 2.21. The third kappa shape index (κ3) is 4.60. The zero-order valence-corrected chi connectivity index (χ0v) is 13.0. The van der Waals surface area contributed by atoms with Crippen molar-refractivity contribution < 1.29 is 9.13 Å². The van der Waals surface area contributed by atoms with Gasteiger partial charge in [-0.1, -0.05) is 0 Å². The van der Waals surface area contributed by atoms with Crippen molar-refractivity contribution >= 4 is 27.3 Å². The SMILES string of the molecule is Cc1ccc(CNCCOc2ccc(F)c(Br)c2)s1. The summed E-state index contributed by atoms with van der Waals surface area (Å²) in [6.45, 7) is 4.27. The molecule has 0 aliphatic carbocycles. The highest BCUT2D eigenvalue weighted by Gasteiger charge is 2.01. The first-order valence-corrected chi connectivity index (χ1v) is 7.60. The first-order chi connectivity index (χ1) is 9.15. The summed E-state index contributed by atoms with van der Waals surface area (Å²) in [4.78, 5) is 2.64. The number of thiophene rings is 1. The number of ether oxygens (including phenoxy) is 1. The van der Waals surface area contributed by atoms with Gasteiger partial charge >= 0.3 is 0 Å². The minimum absolute atomic E-state index is 0.279. The maximum Gasteiger partial charge on any atom is 0.137 e. The molecule has 0 aliphatic rings. The molecular weight excluding hydrogens is 329 g/mol. The zero-order valence-electron chi connectivity index (χ0n) is 10.6. The van der Waals surface area contributed by atoms with E-state index in [1.807, 2.05) is 0 Å². The van der Waals surface area contributed by atoms with E-state index in [0.717, 1.165) is 13.1 Å². The molecule has 0 fully saturated rings. The summed E-state index contributed by atoms with van der Waals surface area (Å²) in [5, 5.41) is 3.31. The first kappa shape index (κ1) is 14.5. The molecule has 0 aliphatic heterocycles. The Hall–Kier alpha value is -0.910. The molecule has 0 saturated heterocycles. The second kappa shape index (κ2) is 7.03. The van der Waals surface area contributed by atoms with Gasteiger partial charge in [-0.15, -0.1) is 11.3 Å². The van der Waals surface area contributed by atoms with Gasteiger partial charge in [0.2, 0.25) is 0 Å². The molecule has 5 heteroatoms. The molecule has 1 heterocycles. The fourth-order valence-corrected chi connectivity index (χ4v) is 2.82. The summed E-state index contributed by atoms with van der Waals surface area (Å²) >= 11 is 4.93. The number of hydrogen-bond acceptors (Lipinski definition) is 3. The molecule has 19 heavy (non-hydrogen) atoms. The first-order valence-electron chi connectivity index (χ1n) is 5.99. The normalized spacial score (nSPS) is 10.7. The van der Waals surface area contributed by atoms with Crippen LogP contribution < -0.4 is 10.1 Å². The van der Waals surface area contributed by atoms with Gasteiger partial charge in [0.1, 0.15) is 18.2 Å². The molecule has 2 rings (SSSR count). The molecule has 2 aromatic rings. The number of hydrogen-bond donors (Lipinski definition) is 1. The molecule has 0 unspecified atom stereocenters. The number of halogens is 2. The molecule has 2 nitrogen and oxygen atoms in total. The van der Waals surface area contributed by atoms with Crippen LogP contribution in [-0.4, -0.2) is 13.2 Å². The van der Waals surface area contributed by atoms with Crippen LogP contribution in [0.2, 0.25) is 0 Å². The number of aryl methyl sites for hydroxylation is 1. The van der Waals surface area contributed by atoms with Crippen molar-refractivity contribution in [2.24, 2.45) is 0 Å². The van der Waals surface area contributed by atoms with Crippen LogP contribution in [0.5, 0.6) is 5.75 Å². The van der Waals surface area contributed by atoms with Crippen LogP contribution in [0.1, 0.15) is 9.75 Å². The summed E-state index contributed by atoms with van der Waals surface area (Å²) < 4.78 is 19.0. The summed E-state index contributed by atoms with van der Waals surface area (Å²) in [6, 6.07) is 8.90. The molecule has 102 valence electrons. The van der Waals surface area contributed by atoms with Crippen LogP contribution in [0, 0.1) is 12.7 Å². The molecule has 1 aromatic heterocycles. The minimum atomic E-state index is -0.279. The quantitative estimate of drug-likeness (QED) is 0.796. The second-order valence-corrected chi connectivity index (χ2v) is 6.34. The topological polar surface area (TPSA) is 21.3 Å². The number of benzene rings is 1. The van der Waals surface area contributed by atoms with Crippen LogP contribution in [0.25, 0.3) is 0 Å². The molecule has 0 amide bonds. The molecular formula is C14H15BrFNOS. The molecule has 0 radical (unpaired) electrons. The monoisotopic (exact) mass is 343 g/mol. The smallest absolute Gasteiger partial charge is 0.137 e. The third-order valence-electron chi connectivity index (χ3n) is 2.53. The average Bonchev–Trinajstić information content (AvgIpc) is 2.79. The molecule has 0 bridgehead atoms. The second-order valence-electron chi connectivity index (χ2n) is 4.11. The largest absolute Gasteiger partial charge is 0.492 e. The summed E-state index contributed by atoms with van der Waals surface area (Å²) in [6.07, 6.45) is 0. The number of nitrogens with one attached hydrogen (secondary N) is 1. The highest BCUT2D eigenvalue weighted by atomic mass is 79.9. The van der Waals surface area contributed by atoms with Crippen molar-refractivity contribution in [2.75, 3.05) is 13.2 Å². The van der Waals surface area contributed by atoms with Crippen LogP contribution in [0.15, 0.2) is 34.8 Å². The number of rotatable bonds is 6. The highest BCUT2D eigenvalue weighted by molar-refractivity contribution is 9.10. The van der Waals surface area contributed by atoms with Gasteiger partial charge < -0.3 is 10.1 Å². The Kier molecular flexibility index (Phi) is 5.36. The van der Waals surface area contributed by atoms with Crippen LogP contribution in [0.3, 0.4) is 0 Å². The van der Waals surface area contributed by atoms with Crippen molar-refractivity contribution in [3.63, 3.8) is 0 Å².